The molecule has 0 saturated heterocycles. The maximum absolute atomic E-state index is 12.1. The Balaban J connectivity index is 1.89. The summed E-state index contributed by atoms with van der Waals surface area (Å²) in [5, 5.41) is 9.53. The zero-order valence-corrected chi connectivity index (χ0v) is 18.7. The number of ether oxygens (including phenoxy) is 2. The third-order valence-electron chi connectivity index (χ3n) is 3.93. The van der Waals surface area contributed by atoms with E-state index in [1.807, 2.05) is 13.8 Å². The molecular formula is C22H25ClN4O5. The lowest BCUT2D eigenvalue weighted by atomic mass is 10.2. The van der Waals surface area contributed by atoms with Gasteiger partial charge in [-0.15, -0.1) is 0 Å². The third-order valence-corrected chi connectivity index (χ3v) is 4.18. The second kappa shape index (κ2) is 12.3. The Morgan fingerprint density at radius 1 is 1.06 bits per heavy atom. The molecule has 2 rings (SSSR count). The third kappa shape index (κ3) is 8.27. The Kier molecular flexibility index (Phi) is 9.49. The molecule has 0 bridgehead atoms. The number of carbonyl (C=O) groups excluding carboxylic acids is 3. The second-order valence-electron chi connectivity index (χ2n) is 7.06. The maximum Gasteiger partial charge on any atom is 0.329 e. The van der Waals surface area contributed by atoms with Gasteiger partial charge in [0.15, 0.2) is 18.1 Å². The van der Waals surface area contributed by atoms with Crippen molar-refractivity contribution in [3.63, 3.8) is 0 Å². The van der Waals surface area contributed by atoms with Crippen molar-refractivity contribution in [1.29, 1.82) is 0 Å². The van der Waals surface area contributed by atoms with Gasteiger partial charge in [-0.05, 0) is 53.9 Å². The highest BCUT2D eigenvalue weighted by molar-refractivity contribution is 6.35. The van der Waals surface area contributed by atoms with Gasteiger partial charge in [0.25, 0.3) is 5.91 Å². The lowest BCUT2D eigenvalue weighted by Crippen LogP contribution is -2.39. The van der Waals surface area contributed by atoms with Crippen LogP contribution in [0.5, 0.6) is 11.5 Å². The van der Waals surface area contributed by atoms with Gasteiger partial charge in [0.2, 0.25) is 0 Å². The van der Waals surface area contributed by atoms with Crippen LogP contribution >= 0.6 is 11.6 Å². The van der Waals surface area contributed by atoms with Gasteiger partial charge < -0.3 is 20.1 Å². The van der Waals surface area contributed by atoms with Crippen LogP contribution in [0.4, 0.5) is 5.69 Å². The monoisotopic (exact) mass is 460 g/mol. The first kappa shape index (κ1) is 24.7. The van der Waals surface area contributed by atoms with E-state index in [0.717, 1.165) is 0 Å². The Morgan fingerprint density at radius 2 is 1.78 bits per heavy atom. The highest BCUT2D eigenvalue weighted by Crippen LogP contribution is 2.27. The van der Waals surface area contributed by atoms with Crippen molar-refractivity contribution in [2.75, 3.05) is 25.6 Å². The Morgan fingerprint density at radius 3 is 2.44 bits per heavy atom. The number of benzene rings is 2. The Hall–Kier alpha value is -3.59. The number of amides is 3. The second-order valence-corrected chi connectivity index (χ2v) is 7.49. The number of halogens is 1. The molecule has 0 aliphatic rings. The number of nitrogens with zero attached hydrogens (tertiary/aromatic N) is 1. The van der Waals surface area contributed by atoms with Gasteiger partial charge in [-0.2, -0.15) is 5.10 Å². The lowest BCUT2D eigenvalue weighted by molar-refractivity contribution is -0.139. The number of carbonyl (C=O) groups is 3. The predicted octanol–water partition coefficient (Wildman–Crippen LogP) is 2.59. The zero-order valence-electron chi connectivity index (χ0n) is 18.0. The average Bonchev–Trinajstić information content (AvgIpc) is 2.77. The number of nitrogens with one attached hydrogen (secondary N) is 3. The lowest BCUT2D eigenvalue weighted by Gasteiger charge is -2.11. The van der Waals surface area contributed by atoms with E-state index in [9.17, 15) is 14.4 Å². The summed E-state index contributed by atoms with van der Waals surface area (Å²) in [6, 6.07) is 11.6. The molecule has 9 nitrogen and oxygen atoms in total. The first-order valence-electron chi connectivity index (χ1n) is 9.76. The molecule has 0 aromatic heterocycles. The molecule has 0 fully saturated rings. The molecule has 2 aromatic rings. The van der Waals surface area contributed by atoms with Gasteiger partial charge in [-0.3, -0.25) is 14.4 Å². The van der Waals surface area contributed by atoms with Crippen LogP contribution in [0.3, 0.4) is 0 Å². The summed E-state index contributed by atoms with van der Waals surface area (Å²) in [7, 11) is 1.46. The van der Waals surface area contributed by atoms with Crippen molar-refractivity contribution in [1.82, 2.24) is 10.7 Å². The van der Waals surface area contributed by atoms with Crippen molar-refractivity contribution >= 4 is 41.2 Å². The Labute approximate surface area is 191 Å². The van der Waals surface area contributed by atoms with E-state index in [-0.39, 0.29) is 18.4 Å². The van der Waals surface area contributed by atoms with E-state index in [4.69, 9.17) is 21.1 Å². The molecule has 170 valence electrons. The maximum atomic E-state index is 12.1. The number of hydrogen-bond donors (Lipinski definition) is 3. The highest BCUT2D eigenvalue weighted by Gasteiger charge is 2.12. The molecule has 32 heavy (non-hydrogen) atoms. The summed E-state index contributed by atoms with van der Waals surface area (Å²) >= 11 is 5.82. The molecule has 10 heteroatoms. The van der Waals surface area contributed by atoms with Gasteiger partial charge in [0.05, 0.1) is 13.3 Å². The first-order valence-corrected chi connectivity index (χ1v) is 10.1. The number of hydrazone groups is 1. The minimum absolute atomic E-state index is 0.228. The van der Waals surface area contributed by atoms with E-state index in [1.54, 1.807) is 42.5 Å². The topological polar surface area (TPSA) is 118 Å². The fourth-order valence-electron chi connectivity index (χ4n) is 2.35. The van der Waals surface area contributed by atoms with Crippen LogP contribution in [-0.2, 0) is 14.4 Å². The first-order chi connectivity index (χ1) is 15.3. The van der Waals surface area contributed by atoms with Crippen LogP contribution < -0.4 is 25.5 Å². The number of anilines is 1. The van der Waals surface area contributed by atoms with Gasteiger partial charge in [-0.25, -0.2) is 5.43 Å². The smallest absolute Gasteiger partial charge is 0.329 e. The van der Waals surface area contributed by atoms with Crippen molar-refractivity contribution in [2.24, 2.45) is 11.0 Å². The van der Waals surface area contributed by atoms with E-state index >= 15 is 0 Å². The molecule has 0 saturated carbocycles. The normalized spacial score (nSPS) is 10.7. The predicted molar refractivity (Wildman–Crippen MR) is 122 cm³/mol. The summed E-state index contributed by atoms with van der Waals surface area (Å²) in [5.41, 5.74) is 3.34. The number of hydrogen-bond acceptors (Lipinski definition) is 6. The molecule has 0 aliphatic heterocycles. The largest absolute Gasteiger partial charge is 0.493 e. The minimum atomic E-state index is -0.861. The van der Waals surface area contributed by atoms with Gasteiger partial charge >= 0.3 is 11.8 Å². The molecule has 0 atom stereocenters. The fourth-order valence-corrected chi connectivity index (χ4v) is 2.48. The molecule has 0 radical (unpaired) electrons. The van der Waals surface area contributed by atoms with Gasteiger partial charge in [-0.1, -0.05) is 25.4 Å². The summed E-state index contributed by atoms with van der Waals surface area (Å²) < 4.78 is 10.8. The van der Waals surface area contributed by atoms with Crippen LogP contribution in [0, 0.1) is 5.92 Å². The van der Waals surface area contributed by atoms with E-state index < -0.39 is 11.8 Å². The summed E-state index contributed by atoms with van der Waals surface area (Å²) in [6.07, 6.45) is 1.35. The molecule has 3 N–H and O–H groups in total. The van der Waals surface area contributed by atoms with Crippen molar-refractivity contribution in [3.8, 4) is 11.5 Å². The molecular weight excluding hydrogens is 436 g/mol. The van der Waals surface area contributed by atoms with Crippen LogP contribution in [0.1, 0.15) is 19.4 Å². The summed E-state index contributed by atoms with van der Waals surface area (Å²) in [5.74, 6) is -1.01. The molecule has 0 unspecified atom stereocenters. The quantitative estimate of drug-likeness (QED) is 0.302. The molecule has 0 aliphatic carbocycles. The van der Waals surface area contributed by atoms with Gasteiger partial charge in [0, 0.05) is 17.3 Å². The average molecular weight is 461 g/mol. The molecule has 2 aromatic carbocycles. The SMILES string of the molecule is COc1cc(/C=N\NC(=O)C(=O)NCC(C)C)ccc1OCC(=O)Nc1ccc(Cl)cc1. The van der Waals surface area contributed by atoms with Crippen molar-refractivity contribution in [2.45, 2.75) is 13.8 Å². The van der Waals surface area contributed by atoms with Crippen molar-refractivity contribution < 1.29 is 23.9 Å². The van der Waals surface area contributed by atoms with Crippen LogP contribution in [-0.4, -0.2) is 44.2 Å². The van der Waals surface area contributed by atoms with Crippen LogP contribution in [0.15, 0.2) is 47.6 Å². The standard InChI is InChI=1S/C22H25ClN4O5/c1-14(2)11-24-21(29)22(30)27-25-12-15-4-9-18(19(10-15)31-3)32-13-20(28)26-17-7-5-16(23)6-8-17/h4-10,12,14H,11,13H2,1-3H3,(H,24,29)(H,26,28)(H,27,30)/b25-12-. The highest BCUT2D eigenvalue weighted by atomic mass is 35.5. The van der Waals surface area contributed by atoms with E-state index in [0.29, 0.717) is 34.3 Å². The molecule has 3 amide bonds. The fraction of sp³-hybridized carbons (Fsp3) is 0.273. The van der Waals surface area contributed by atoms with Gasteiger partial charge in [0.1, 0.15) is 0 Å². The summed E-state index contributed by atoms with van der Waals surface area (Å²) in [6.45, 7) is 4.01. The summed E-state index contributed by atoms with van der Waals surface area (Å²) in [4.78, 5) is 35.4. The van der Waals surface area contributed by atoms with E-state index in [1.165, 1.54) is 13.3 Å². The number of rotatable bonds is 9. The zero-order chi connectivity index (χ0) is 23.5. The van der Waals surface area contributed by atoms with E-state index in [2.05, 4.69) is 21.2 Å². The number of methoxy groups -OCH3 is 1. The molecule has 0 spiro atoms. The minimum Gasteiger partial charge on any atom is -0.493 e. The Bertz CT molecular complexity index is 977. The van der Waals surface area contributed by atoms with Crippen LogP contribution in [0.2, 0.25) is 5.02 Å². The van der Waals surface area contributed by atoms with Crippen LogP contribution in [0.25, 0.3) is 0 Å². The molecule has 0 heterocycles. The van der Waals surface area contributed by atoms with Crippen molar-refractivity contribution in [3.05, 3.63) is 53.1 Å².